The summed E-state index contributed by atoms with van der Waals surface area (Å²) in [6.45, 7) is 2.14. The van der Waals surface area contributed by atoms with Crippen molar-refractivity contribution >= 4 is 28.3 Å². The van der Waals surface area contributed by atoms with Crippen LogP contribution in [-0.2, 0) is 20.7 Å². The lowest BCUT2D eigenvalue weighted by Gasteiger charge is -2.28. The average Bonchev–Trinajstić information content (AvgIpc) is 3.05. The Balaban J connectivity index is 1.46. The van der Waals surface area contributed by atoms with Gasteiger partial charge >= 0.3 is 5.97 Å². The largest absolute Gasteiger partial charge is 0.466 e. The first-order valence-electron chi connectivity index (χ1n) is 8.28. The predicted molar refractivity (Wildman–Crippen MR) is 88.4 cm³/mol. The molecule has 0 aliphatic carbocycles. The van der Waals surface area contributed by atoms with E-state index in [9.17, 15) is 9.59 Å². The molecule has 6 nitrogen and oxygen atoms in total. The third-order valence-electron chi connectivity index (χ3n) is 4.47. The average molecular weight is 337 g/mol. The lowest BCUT2D eigenvalue weighted by molar-refractivity contribution is -0.142. The number of amides is 1. The van der Waals surface area contributed by atoms with Gasteiger partial charge in [-0.3, -0.25) is 9.59 Å². The first kappa shape index (κ1) is 16.4. The molecule has 2 aliphatic rings. The van der Waals surface area contributed by atoms with Crippen molar-refractivity contribution in [2.75, 3.05) is 11.9 Å². The molecule has 2 bridgehead atoms. The van der Waals surface area contributed by atoms with Gasteiger partial charge in [-0.15, -0.1) is 11.3 Å². The van der Waals surface area contributed by atoms with Crippen LogP contribution in [0.2, 0.25) is 0 Å². The second-order valence-electron chi connectivity index (χ2n) is 6.35. The van der Waals surface area contributed by atoms with E-state index in [0.717, 1.165) is 12.8 Å². The maximum absolute atomic E-state index is 12.2. The lowest BCUT2D eigenvalue weighted by atomic mass is 9.89. The zero-order valence-electron chi connectivity index (χ0n) is 13.3. The van der Waals surface area contributed by atoms with Crippen LogP contribution in [0, 0.1) is 5.92 Å². The quantitative estimate of drug-likeness (QED) is 0.777. The normalized spacial score (nSPS) is 26.0. The zero-order valence-corrected chi connectivity index (χ0v) is 14.2. The van der Waals surface area contributed by atoms with Gasteiger partial charge in [0.05, 0.1) is 18.7 Å². The number of esters is 1. The fraction of sp³-hybridized carbons (Fsp3) is 0.688. The molecule has 1 amide bonds. The fourth-order valence-electron chi connectivity index (χ4n) is 3.58. The van der Waals surface area contributed by atoms with Gasteiger partial charge in [0.1, 0.15) is 0 Å². The smallest absolute Gasteiger partial charge is 0.311 e. The Bertz CT molecular complexity index is 563. The summed E-state index contributed by atoms with van der Waals surface area (Å²) in [5.41, 5.74) is 0.642. The van der Waals surface area contributed by atoms with E-state index in [1.165, 1.54) is 24.2 Å². The van der Waals surface area contributed by atoms with Gasteiger partial charge in [0.2, 0.25) is 5.91 Å². The van der Waals surface area contributed by atoms with E-state index in [2.05, 4.69) is 15.6 Å². The molecule has 3 rings (SSSR count). The van der Waals surface area contributed by atoms with Crippen LogP contribution >= 0.6 is 11.3 Å². The lowest BCUT2D eigenvalue weighted by Crippen LogP contribution is -2.39. The van der Waals surface area contributed by atoms with Gasteiger partial charge in [-0.1, -0.05) is 0 Å². The van der Waals surface area contributed by atoms with E-state index in [1.807, 2.05) is 0 Å². The third-order valence-corrected chi connectivity index (χ3v) is 5.28. The van der Waals surface area contributed by atoms with Crippen molar-refractivity contribution in [3.8, 4) is 0 Å². The number of ether oxygens (including phenoxy) is 1. The molecule has 0 saturated carbocycles. The molecular formula is C16H23N3O3S. The van der Waals surface area contributed by atoms with Gasteiger partial charge < -0.3 is 15.4 Å². The Morgan fingerprint density at radius 3 is 2.83 bits per heavy atom. The molecule has 2 N–H and O–H groups in total. The molecule has 2 unspecified atom stereocenters. The van der Waals surface area contributed by atoms with Crippen molar-refractivity contribution in [3.05, 3.63) is 11.1 Å². The molecule has 126 valence electrons. The Kier molecular flexibility index (Phi) is 5.27. The molecule has 23 heavy (non-hydrogen) atoms. The van der Waals surface area contributed by atoms with Crippen LogP contribution in [0.5, 0.6) is 0 Å². The highest BCUT2D eigenvalue weighted by atomic mass is 32.1. The number of aromatic nitrogens is 1. The van der Waals surface area contributed by atoms with Crippen LogP contribution < -0.4 is 10.6 Å². The topological polar surface area (TPSA) is 80.3 Å². The van der Waals surface area contributed by atoms with Crippen molar-refractivity contribution < 1.29 is 14.3 Å². The minimum absolute atomic E-state index is 0.0216. The van der Waals surface area contributed by atoms with Crippen LogP contribution in [0.4, 0.5) is 5.13 Å². The van der Waals surface area contributed by atoms with E-state index in [0.29, 0.717) is 41.9 Å². The van der Waals surface area contributed by atoms with E-state index in [1.54, 1.807) is 12.3 Å². The monoisotopic (exact) mass is 337 g/mol. The van der Waals surface area contributed by atoms with Gasteiger partial charge in [0, 0.05) is 23.9 Å². The molecule has 7 heteroatoms. The predicted octanol–water partition coefficient (Wildman–Crippen LogP) is 2.11. The summed E-state index contributed by atoms with van der Waals surface area (Å²) in [4.78, 5) is 27.9. The molecule has 1 aromatic rings. The molecule has 3 heterocycles. The van der Waals surface area contributed by atoms with Crippen molar-refractivity contribution in [1.82, 2.24) is 10.3 Å². The summed E-state index contributed by atoms with van der Waals surface area (Å²) in [5, 5.41) is 8.80. The molecule has 0 aromatic carbocycles. The van der Waals surface area contributed by atoms with Gasteiger partial charge in [-0.25, -0.2) is 4.98 Å². The highest BCUT2D eigenvalue weighted by molar-refractivity contribution is 7.13. The number of rotatable bonds is 6. The molecule has 0 spiro atoms. The van der Waals surface area contributed by atoms with Crippen molar-refractivity contribution in [1.29, 1.82) is 0 Å². The molecular weight excluding hydrogens is 314 g/mol. The molecule has 2 atom stereocenters. The van der Waals surface area contributed by atoms with Crippen LogP contribution in [-0.4, -0.2) is 35.6 Å². The maximum Gasteiger partial charge on any atom is 0.311 e. The number of nitrogens with one attached hydrogen (secondary N) is 2. The number of hydrogen-bond acceptors (Lipinski definition) is 6. The number of carbonyl (C=O) groups is 2. The second kappa shape index (κ2) is 7.40. The second-order valence-corrected chi connectivity index (χ2v) is 7.21. The maximum atomic E-state index is 12.2. The number of carbonyl (C=O) groups excluding carboxylic acids is 2. The Morgan fingerprint density at radius 2 is 2.13 bits per heavy atom. The minimum Gasteiger partial charge on any atom is -0.466 e. The first-order chi connectivity index (χ1) is 11.1. The number of fused-ring (bicyclic) bond motifs is 2. The van der Waals surface area contributed by atoms with Crippen LogP contribution in [0.15, 0.2) is 5.38 Å². The highest BCUT2D eigenvalue weighted by Crippen LogP contribution is 2.32. The summed E-state index contributed by atoms with van der Waals surface area (Å²) in [6, 6.07) is 1.20. The van der Waals surface area contributed by atoms with E-state index < -0.39 is 0 Å². The summed E-state index contributed by atoms with van der Waals surface area (Å²) in [5.74, 6) is 0.196. The molecule has 2 fully saturated rings. The number of anilines is 1. The van der Waals surface area contributed by atoms with Gasteiger partial charge in [0.25, 0.3) is 0 Å². The summed E-state index contributed by atoms with van der Waals surface area (Å²) < 4.78 is 4.90. The minimum atomic E-state index is -0.291. The van der Waals surface area contributed by atoms with Crippen LogP contribution in [0.3, 0.4) is 0 Å². The Hall–Kier alpha value is -1.47. The molecule has 2 saturated heterocycles. The van der Waals surface area contributed by atoms with Crippen molar-refractivity contribution in [2.24, 2.45) is 5.92 Å². The molecule has 0 radical (unpaired) electrons. The standard InChI is InChI=1S/C16H23N3O3S/c1-2-22-15(21)8-13-9-23-16(18-13)19-14(20)7-10-5-11-3-4-12(6-10)17-11/h9-12,17H,2-8H2,1H3,(H,18,19,20). The van der Waals surface area contributed by atoms with Crippen LogP contribution in [0.25, 0.3) is 0 Å². The number of thiazole rings is 1. The van der Waals surface area contributed by atoms with Gasteiger partial charge in [-0.2, -0.15) is 0 Å². The summed E-state index contributed by atoms with van der Waals surface area (Å²) in [6.07, 6.45) is 5.38. The Morgan fingerprint density at radius 1 is 1.39 bits per heavy atom. The SMILES string of the molecule is CCOC(=O)Cc1csc(NC(=O)CC2CC3CCC(C2)N3)n1. The number of piperidine rings is 1. The highest BCUT2D eigenvalue weighted by Gasteiger charge is 2.34. The molecule has 1 aromatic heterocycles. The summed E-state index contributed by atoms with van der Waals surface area (Å²) in [7, 11) is 0. The zero-order chi connectivity index (χ0) is 16.2. The first-order valence-corrected chi connectivity index (χ1v) is 9.16. The van der Waals surface area contributed by atoms with E-state index in [4.69, 9.17) is 4.74 Å². The fourth-order valence-corrected chi connectivity index (χ4v) is 4.31. The number of hydrogen-bond donors (Lipinski definition) is 2. The summed E-state index contributed by atoms with van der Waals surface area (Å²) >= 11 is 1.35. The number of nitrogens with zero attached hydrogens (tertiary/aromatic N) is 1. The van der Waals surface area contributed by atoms with Crippen LogP contribution in [0.1, 0.15) is 44.7 Å². The Labute approximate surface area is 140 Å². The van der Waals surface area contributed by atoms with Gasteiger partial charge in [-0.05, 0) is 38.5 Å². The van der Waals surface area contributed by atoms with Crippen molar-refractivity contribution in [2.45, 2.75) is 57.5 Å². The van der Waals surface area contributed by atoms with E-state index >= 15 is 0 Å². The molecule has 2 aliphatic heterocycles. The van der Waals surface area contributed by atoms with Gasteiger partial charge in [0.15, 0.2) is 5.13 Å². The third kappa shape index (κ3) is 4.51. The van der Waals surface area contributed by atoms with E-state index in [-0.39, 0.29) is 18.3 Å². The van der Waals surface area contributed by atoms with Crippen molar-refractivity contribution in [3.63, 3.8) is 0 Å².